The number of ether oxygens (including phenoxy) is 1. The van der Waals surface area contributed by atoms with E-state index < -0.39 is 16.8 Å². The van der Waals surface area contributed by atoms with Crippen molar-refractivity contribution in [3.63, 3.8) is 0 Å². The van der Waals surface area contributed by atoms with Crippen LogP contribution in [-0.2, 0) is 25.5 Å². The number of carboxylic acids is 1. The van der Waals surface area contributed by atoms with Crippen LogP contribution in [0.5, 0.6) is 0 Å². The molecule has 156 valence electrons. The Balaban J connectivity index is 0.000000326. The fourth-order valence-corrected chi connectivity index (χ4v) is 2.69. The first-order chi connectivity index (χ1) is 13.7. The topological polar surface area (TPSA) is 92.7 Å². The van der Waals surface area contributed by atoms with E-state index in [9.17, 15) is 14.4 Å². The number of alkyl halides is 1. The molecule has 0 aromatic heterocycles. The first-order valence-electron chi connectivity index (χ1n) is 8.46. The average Bonchev–Trinajstić information content (AvgIpc) is 2.67. The fraction of sp³-hybridized carbons (Fsp3) is 0.250. The van der Waals surface area contributed by atoms with Crippen molar-refractivity contribution in [2.75, 3.05) is 13.2 Å². The molecule has 0 fully saturated rings. The lowest BCUT2D eigenvalue weighted by molar-refractivity contribution is -0.143. The van der Waals surface area contributed by atoms with Gasteiger partial charge in [0.05, 0.1) is 13.0 Å². The summed E-state index contributed by atoms with van der Waals surface area (Å²) >= 11 is 14.6. The summed E-state index contributed by atoms with van der Waals surface area (Å²) in [4.78, 5) is 31.9. The van der Waals surface area contributed by atoms with Crippen molar-refractivity contribution >= 4 is 57.0 Å². The van der Waals surface area contributed by atoms with Gasteiger partial charge >= 0.3 is 11.9 Å². The van der Waals surface area contributed by atoms with Gasteiger partial charge in [-0.25, -0.2) is 0 Å². The lowest BCUT2D eigenvalue weighted by atomic mass is 10.1. The van der Waals surface area contributed by atoms with Gasteiger partial charge in [0.2, 0.25) is 5.91 Å². The van der Waals surface area contributed by atoms with Crippen LogP contribution in [0.2, 0.25) is 10.0 Å². The molecule has 2 aromatic carbocycles. The summed E-state index contributed by atoms with van der Waals surface area (Å²) in [5.41, 5.74) is 1.53. The van der Waals surface area contributed by atoms with Crippen molar-refractivity contribution in [3.05, 3.63) is 69.7 Å². The first kappa shape index (κ1) is 24.9. The number of carbonyl (C=O) groups excluding carboxylic acids is 2. The maximum absolute atomic E-state index is 11.7. The minimum atomic E-state index is -0.827. The van der Waals surface area contributed by atoms with Crippen LogP contribution >= 0.6 is 39.1 Å². The van der Waals surface area contributed by atoms with E-state index in [1.807, 2.05) is 0 Å². The summed E-state index contributed by atoms with van der Waals surface area (Å²) in [5.74, 6) is -1.38. The minimum absolute atomic E-state index is 0.0527. The van der Waals surface area contributed by atoms with Gasteiger partial charge in [0, 0.05) is 17.0 Å². The molecule has 1 unspecified atom stereocenters. The van der Waals surface area contributed by atoms with Gasteiger partial charge in [-0.15, -0.1) is 0 Å². The Labute approximate surface area is 187 Å². The zero-order chi connectivity index (χ0) is 21.8. The summed E-state index contributed by atoms with van der Waals surface area (Å²) in [5, 5.41) is 12.2. The number of hydrogen-bond acceptors (Lipinski definition) is 4. The molecule has 0 heterocycles. The number of esters is 1. The van der Waals surface area contributed by atoms with Crippen molar-refractivity contribution in [1.82, 2.24) is 5.32 Å². The van der Waals surface area contributed by atoms with Gasteiger partial charge in [-0.05, 0) is 35.4 Å². The molecule has 0 radical (unpaired) electrons. The number of rotatable bonds is 7. The Bertz CT molecular complexity index is 813. The molecule has 0 aliphatic heterocycles. The van der Waals surface area contributed by atoms with Gasteiger partial charge in [0.15, 0.2) is 0 Å². The molecular weight excluding hydrogens is 485 g/mol. The number of carboxylic acid groups (broad SMARTS) is 1. The Morgan fingerprint density at radius 2 is 1.55 bits per heavy atom. The molecule has 0 saturated carbocycles. The molecule has 9 heteroatoms. The largest absolute Gasteiger partial charge is 0.481 e. The molecule has 0 bridgehead atoms. The van der Waals surface area contributed by atoms with Crippen LogP contribution in [0, 0.1) is 0 Å². The Morgan fingerprint density at radius 3 is 2.03 bits per heavy atom. The molecule has 29 heavy (non-hydrogen) atoms. The van der Waals surface area contributed by atoms with Crippen LogP contribution in [0.3, 0.4) is 0 Å². The lowest BCUT2D eigenvalue weighted by Gasteiger charge is -2.10. The third-order valence-electron chi connectivity index (χ3n) is 3.36. The molecule has 2 rings (SSSR count). The van der Waals surface area contributed by atoms with E-state index in [0.717, 1.165) is 11.1 Å². The van der Waals surface area contributed by atoms with Crippen LogP contribution in [0.4, 0.5) is 0 Å². The molecule has 0 aliphatic carbocycles. The van der Waals surface area contributed by atoms with Gasteiger partial charge < -0.3 is 15.2 Å². The highest BCUT2D eigenvalue weighted by Crippen LogP contribution is 2.25. The van der Waals surface area contributed by atoms with Gasteiger partial charge in [-0.1, -0.05) is 63.4 Å². The molecule has 2 aromatic rings. The predicted octanol–water partition coefficient (Wildman–Crippen LogP) is 4.42. The predicted molar refractivity (Wildman–Crippen MR) is 116 cm³/mol. The summed E-state index contributed by atoms with van der Waals surface area (Å²) < 4.78 is 5.01. The third-order valence-corrected chi connectivity index (χ3v) is 4.76. The van der Waals surface area contributed by atoms with Crippen LogP contribution in [0.15, 0.2) is 48.5 Å². The summed E-state index contributed by atoms with van der Waals surface area (Å²) in [6.07, 6.45) is 0.0527. The molecule has 0 aliphatic rings. The van der Waals surface area contributed by atoms with Gasteiger partial charge in [0.1, 0.15) is 11.4 Å². The molecule has 0 spiro atoms. The average molecular weight is 505 g/mol. The maximum atomic E-state index is 11.7. The lowest BCUT2D eigenvalue weighted by Crippen LogP contribution is -2.26. The van der Waals surface area contributed by atoms with Crippen LogP contribution in [-0.4, -0.2) is 36.1 Å². The number of aliphatic carboxylic acids is 1. The highest BCUT2D eigenvalue weighted by molar-refractivity contribution is 9.09. The van der Waals surface area contributed by atoms with E-state index in [0.29, 0.717) is 16.6 Å². The minimum Gasteiger partial charge on any atom is -0.481 e. The molecular formula is C20H20BrCl2NO5. The standard InChI is InChI=1S/C12H13BrClNO3.C8H7ClO2/c1-8(16)15-6-7-18-12(17)11(13)9-2-4-10(14)5-3-9;9-7-3-1-6(2-4-7)5-8(10)11/h2-5,11H,6-7H2,1H3,(H,15,16);1-4H,5H2,(H,10,11). The Hall–Kier alpha value is -2.09. The Kier molecular flexibility index (Phi) is 11.3. The van der Waals surface area contributed by atoms with E-state index in [4.69, 9.17) is 33.0 Å². The third kappa shape index (κ3) is 10.9. The highest BCUT2D eigenvalue weighted by atomic mass is 79.9. The quantitative estimate of drug-likeness (QED) is 0.330. The molecule has 1 amide bonds. The molecule has 1 atom stereocenters. The Morgan fingerprint density at radius 1 is 1.03 bits per heavy atom. The van der Waals surface area contributed by atoms with E-state index >= 15 is 0 Å². The summed E-state index contributed by atoms with van der Waals surface area (Å²) in [7, 11) is 0. The summed E-state index contributed by atoms with van der Waals surface area (Å²) in [6.45, 7) is 1.86. The van der Waals surface area contributed by atoms with Gasteiger partial charge in [-0.2, -0.15) is 0 Å². The van der Waals surface area contributed by atoms with Crippen LogP contribution in [0.25, 0.3) is 0 Å². The monoisotopic (exact) mass is 503 g/mol. The van der Waals surface area contributed by atoms with E-state index in [2.05, 4.69) is 21.2 Å². The summed E-state index contributed by atoms with van der Waals surface area (Å²) in [6, 6.07) is 13.7. The van der Waals surface area contributed by atoms with E-state index in [1.54, 1.807) is 48.5 Å². The number of benzene rings is 2. The highest BCUT2D eigenvalue weighted by Gasteiger charge is 2.18. The molecule has 0 saturated heterocycles. The maximum Gasteiger partial charge on any atom is 0.324 e. The number of nitrogens with one attached hydrogen (secondary N) is 1. The van der Waals surface area contributed by atoms with Crippen molar-refractivity contribution in [1.29, 1.82) is 0 Å². The van der Waals surface area contributed by atoms with Crippen LogP contribution in [0.1, 0.15) is 22.9 Å². The van der Waals surface area contributed by atoms with Crippen molar-refractivity contribution in [2.45, 2.75) is 18.2 Å². The number of hydrogen-bond donors (Lipinski definition) is 2. The molecule has 2 N–H and O–H groups in total. The number of carbonyl (C=O) groups is 3. The van der Waals surface area contributed by atoms with Gasteiger partial charge in [-0.3, -0.25) is 14.4 Å². The zero-order valence-corrected chi connectivity index (χ0v) is 18.6. The van der Waals surface area contributed by atoms with Crippen molar-refractivity contribution in [2.24, 2.45) is 0 Å². The SMILES string of the molecule is CC(=O)NCCOC(=O)C(Br)c1ccc(Cl)cc1.O=C(O)Cc1ccc(Cl)cc1. The van der Waals surface area contributed by atoms with Crippen molar-refractivity contribution < 1.29 is 24.2 Å². The second-order valence-corrected chi connectivity index (χ2v) is 7.55. The number of amides is 1. The van der Waals surface area contributed by atoms with Crippen molar-refractivity contribution in [3.8, 4) is 0 Å². The molecule has 6 nitrogen and oxygen atoms in total. The first-order valence-corrected chi connectivity index (χ1v) is 10.1. The number of halogens is 3. The zero-order valence-electron chi connectivity index (χ0n) is 15.5. The van der Waals surface area contributed by atoms with Gasteiger partial charge in [0.25, 0.3) is 0 Å². The van der Waals surface area contributed by atoms with Crippen LogP contribution < -0.4 is 5.32 Å². The van der Waals surface area contributed by atoms with E-state index in [1.165, 1.54) is 6.92 Å². The second-order valence-electron chi connectivity index (χ2n) is 5.76. The normalized spacial score (nSPS) is 10.9. The smallest absolute Gasteiger partial charge is 0.324 e. The second kappa shape index (κ2) is 13.2. The fourth-order valence-electron chi connectivity index (χ4n) is 2.00. The van der Waals surface area contributed by atoms with E-state index in [-0.39, 0.29) is 18.9 Å².